The molecule has 3 heterocycles. The van der Waals surface area contributed by atoms with E-state index in [1.54, 1.807) is 42.3 Å². The molecule has 4 aromatic rings. The summed E-state index contributed by atoms with van der Waals surface area (Å²) in [6.45, 7) is 2.36. The van der Waals surface area contributed by atoms with Crippen LogP contribution >= 0.6 is 22.9 Å². The summed E-state index contributed by atoms with van der Waals surface area (Å²) in [7, 11) is 5.35. The molecule has 9 heteroatoms. The molecular formula is C26H27ClN4O3S. The van der Waals surface area contributed by atoms with Crippen LogP contribution in [0.15, 0.2) is 47.3 Å². The first-order valence-electron chi connectivity index (χ1n) is 11.4. The van der Waals surface area contributed by atoms with Crippen LogP contribution in [-0.4, -0.2) is 48.8 Å². The number of rotatable bonds is 7. The molecule has 1 aliphatic heterocycles. The number of likely N-dealkylation sites (N-methyl/N-ethyl adjacent to an activating group) is 1. The van der Waals surface area contributed by atoms with E-state index in [0.29, 0.717) is 34.7 Å². The Hall–Kier alpha value is -3.07. The quantitative estimate of drug-likeness (QED) is 0.386. The lowest BCUT2D eigenvalue weighted by atomic mass is 10.1. The summed E-state index contributed by atoms with van der Waals surface area (Å²) in [5, 5.41) is 4.70. The zero-order chi connectivity index (χ0) is 24.5. The maximum atomic E-state index is 13.9. The Kier molecular flexibility index (Phi) is 6.69. The lowest BCUT2D eigenvalue weighted by Gasteiger charge is -2.22. The fourth-order valence-electron chi connectivity index (χ4n) is 4.50. The van der Waals surface area contributed by atoms with Crippen LogP contribution in [0.3, 0.4) is 0 Å². The van der Waals surface area contributed by atoms with E-state index < -0.39 is 0 Å². The predicted octanol–water partition coefficient (Wildman–Crippen LogP) is 4.76. The highest BCUT2D eigenvalue weighted by Crippen LogP contribution is 2.33. The van der Waals surface area contributed by atoms with Crippen LogP contribution in [0.1, 0.15) is 16.0 Å². The van der Waals surface area contributed by atoms with Gasteiger partial charge < -0.3 is 19.7 Å². The van der Waals surface area contributed by atoms with Crippen LogP contribution in [0.25, 0.3) is 15.9 Å². The van der Waals surface area contributed by atoms with Crippen molar-refractivity contribution in [1.29, 1.82) is 0 Å². The van der Waals surface area contributed by atoms with Crippen molar-refractivity contribution < 1.29 is 9.47 Å². The molecule has 0 atom stereocenters. The molecule has 2 aromatic heterocycles. The molecule has 0 spiro atoms. The van der Waals surface area contributed by atoms with Crippen LogP contribution in [0.4, 0.5) is 5.95 Å². The van der Waals surface area contributed by atoms with E-state index in [4.69, 9.17) is 26.1 Å². The number of hydrogen-bond acceptors (Lipinski definition) is 7. The van der Waals surface area contributed by atoms with E-state index in [-0.39, 0.29) is 5.56 Å². The van der Waals surface area contributed by atoms with E-state index in [0.717, 1.165) is 47.3 Å². The molecule has 0 fully saturated rings. The van der Waals surface area contributed by atoms with Gasteiger partial charge in [-0.05, 0) is 61.3 Å². The van der Waals surface area contributed by atoms with Gasteiger partial charge in [0.15, 0.2) is 11.5 Å². The summed E-state index contributed by atoms with van der Waals surface area (Å²) < 4.78 is 12.4. The van der Waals surface area contributed by atoms with Crippen molar-refractivity contribution in [2.45, 2.75) is 19.4 Å². The highest BCUT2D eigenvalue weighted by atomic mass is 35.5. The minimum absolute atomic E-state index is 0.0621. The molecule has 0 saturated heterocycles. The first kappa shape index (κ1) is 23.7. The van der Waals surface area contributed by atoms with Crippen LogP contribution in [0.5, 0.6) is 11.5 Å². The monoisotopic (exact) mass is 510 g/mol. The molecular weight excluding hydrogens is 484 g/mol. The third-order valence-electron chi connectivity index (χ3n) is 6.28. The summed E-state index contributed by atoms with van der Waals surface area (Å²) in [5.41, 5.74) is 2.85. The number of nitrogens with zero attached hydrogens (tertiary/aromatic N) is 3. The van der Waals surface area contributed by atoms with Gasteiger partial charge in [0.2, 0.25) is 5.95 Å². The Morgan fingerprint density at radius 1 is 1.14 bits per heavy atom. The molecule has 5 rings (SSSR count). The number of fused-ring (bicyclic) bond motifs is 3. The zero-order valence-corrected chi connectivity index (χ0v) is 21.5. The highest BCUT2D eigenvalue weighted by molar-refractivity contribution is 7.18. The summed E-state index contributed by atoms with van der Waals surface area (Å²) >= 11 is 7.90. The topological polar surface area (TPSA) is 68.6 Å². The SMILES string of the molecule is COc1ccc(CCNc2nc3sc4c(c3c(=O)n2-c2cccc(Cl)c2)CCN(C)C4)cc1OC. The largest absolute Gasteiger partial charge is 0.493 e. The third kappa shape index (κ3) is 4.61. The van der Waals surface area contributed by atoms with Crippen molar-refractivity contribution in [2.75, 3.05) is 39.7 Å². The predicted molar refractivity (Wildman–Crippen MR) is 142 cm³/mol. The maximum Gasteiger partial charge on any atom is 0.268 e. The number of methoxy groups -OCH3 is 2. The van der Waals surface area contributed by atoms with Gasteiger partial charge in [-0.1, -0.05) is 23.7 Å². The van der Waals surface area contributed by atoms with Crippen molar-refractivity contribution in [2.24, 2.45) is 0 Å². The average Bonchev–Trinajstić information content (AvgIpc) is 3.21. The second-order valence-electron chi connectivity index (χ2n) is 8.59. The van der Waals surface area contributed by atoms with Crippen molar-refractivity contribution in [3.8, 4) is 17.2 Å². The lowest BCUT2D eigenvalue weighted by Crippen LogP contribution is -2.27. The molecule has 0 aliphatic carbocycles. The van der Waals surface area contributed by atoms with Crippen LogP contribution in [0.2, 0.25) is 5.02 Å². The van der Waals surface area contributed by atoms with Gasteiger partial charge in [0.25, 0.3) is 5.56 Å². The first-order valence-corrected chi connectivity index (χ1v) is 12.6. The second kappa shape index (κ2) is 9.89. The Labute approximate surface area is 212 Å². The number of hydrogen-bond donors (Lipinski definition) is 1. The van der Waals surface area contributed by atoms with Crippen LogP contribution in [0, 0.1) is 0 Å². The van der Waals surface area contributed by atoms with Gasteiger partial charge in [-0.25, -0.2) is 9.55 Å². The molecule has 1 N–H and O–H groups in total. The molecule has 7 nitrogen and oxygen atoms in total. The number of anilines is 1. The Morgan fingerprint density at radius 3 is 2.74 bits per heavy atom. The summed E-state index contributed by atoms with van der Waals surface area (Å²) in [4.78, 5) is 23.1. The number of thiophene rings is 1. The molecule has 0 bridgehead atoms. The van der Waals surface area contributed by atoms with Crippen LogP contribution < -0.4 is 20.3 Å². The standard InChI is InChI=1S/C26H27ClN4O3S/c1-30-12-10-19-22(15-30)35-24-23(19)25(32)31(18-6-4-5-17(27)14-18)26(29-24)28-11-9-16-7-8-20(33-2)21(13-16)34-3/h4-8,13-14H,9-12,15H2,1-3H3,(H,28,29). The van der Waals surface area contributed by atoms with Crippen LogP contribution in [-0.2, 0) is 19.4 Å². The Balaban J connectivity index is 1.52. The third-order valence-corrected chi connectivity index (χ3v) is 7.62. The number of ether oxygens (including phenoxy) is 2. The van der Waals surface area contributed by atoms with Crippen molar-refractivity contribution >= 4 is 39.1 Å². The molecule has 1 aliphatic rings. The van der Waals surface area contributed by atoms with E-state index in [2.05, 4.69) is 17.3 Å². The lowest BCUT2D eigenvalue weighted by molar-refractivity contribution is 0.318. The molecule has 0 saturated carbocycles. The molecule has 0 amide bonds. The fraction of sp³-hybridized carbons (Fsp3) is 0.308. The number of halogens is 1. The van der Waals surface area contributed by atoms with Crippen molar-refractivity contribution in [3.05, 3.63) is 73.8 Å². The van der Waals surface area contributed by atoms with E-state index >= 15 is 0 Å². The van der Waals surface area contributed by atoms with Gasteiger partial charge in [-0.2, -0.15) is 0 Å². The van der Waals surface area contributed by atoms with Gasteiger partial charge in [0, 0.05) is 29.5 Å². The Morgan fingerprint density at radius 2 is 1.97 bits per heavy atom. The van der Waals surface area contributed by atoms with Crippen molar-refractivity contribution in [3.63, 3.8) is 0 Å². The first-order chi connectivity index (χ1) is 17.0. The molecule has 182 valence electrons. The van der Waals surface area contributed by atoms with E-state index in [1.165, 1.54) is 4.88 Å². The molecule has 35 heavy (non-hydrogen) atoms. The minimum atomic E-state index is -0.0621. The highest BCUT2D eigenvalue weighted by Gasteiger charge is 2.24. The molecule has 2 aromatic carbocycles. The number of nitrogens with one attached hydrogen (secondary N) is 1. The van der Waals surface area contributed by atoms with Gasteiger partial charge in [0.1, 0.15) is 4.83 Å². The molecule has 0 unspecified atom stereocenters. The zero-order valence-electron chi connectivity index (χ0n) is 19.9. The van der Waals surface area contributed by atoms with Gasteiger partial charge in [0.05, 0.1) is 25.3 Å². The fourth-order valence-corrected chi connectivity index (χ4v) is 5.97. The summed E-state index contributed by atoms with van der Waals surface area (Å²) in [5.74, 6) is 1.89. The van der Waals surface area contributed by atoms with Gasteiger partial charge >= 0.3 is 0 Å². The normalized spacial score (nSPS) is 13.6. The minimum Gasteiger partial charge on any atom is -0.493 e. The Bertz CT molecular complexity index is 1450. The van der Waals surface area contributed by atoms with E-state index in [9.17, 15) is 4.79 Å². The summed E-state index contributed by atoms with van der Waals surface area (Å²) in [6, 6.07) is 13.2. The number of benzene rings is 2. The maximum absolute atomic E-state index is 13.9. The second-order valence-corrected chi connectivity index (χ2v) is 10.1. The average molecular weight is 511 g/mol. The summed E-state index contributed by atoms with van der Waals surface area (Å²) in [6.07, 6.45) is 1.57. The van der Waals surface area contributed by atoms with Crippen molar-refractivity contribution in [1.82, 2.24) is 14.5 Å². The van der Waals surface area contributed by atoms with Gasteiger partial charge in [-0.3, -0.25) is 4.79 Å². The van der Waals surface area contributed by atoms with Gasteiger partial charge in [-0.15, -0.1) is 11.3 Å². The smallest absolute Gasteiger partial charge is 0.268 e. The number of aromatic nitrogens is 2. The molecule has 0 radical (unpaired) electrons. The van der Waals surface area contributed by atoms with E-state index in [1.807, 2.05) is 30.3 Å².